The van der Waals surface area contributed by atoms with Crippen molar-refractivity contribution < 1.29 is 87.8 Å². The van der Waals surface area contributed by atoms with Crippen LogP contribution in [0.2, 0.25) is 0 Å². The molecule has 0 radical (unpaired) electrons. The first-order chi connectivity index (χ1) is 30.5. The van der Waals surface area contributed by atoms with E-state index in [-0.39, 0.29) is 11.5 Å². The molecular formula is C44H32F20S2. The van der Waals surface area contributed by atoms with Gasteiger partial charge in [-0.15, -0.1) is 23.5 Å². The lowest BCUT2D eigenvalue weighted by Gasteiger charge is -2.19. The van der Waals surface area contributed by atoms with Gasteiger partial charge in [0.05, 0.1) is 32.0 Å². The molecule has 0 N–H and O–H groups in total. The van der Waals surface area contributed by atoms with E-state index in [4.69, 9.17) is 0 Å². The van der Waals surface area contributed by atoms with Crippen LogP contribution in [0, 0.1) is 116 Å². The highest BCUT2D eigenvalue weighted by Crippen LogP contribution is 2.45. The third-order valence-electron chi connectivity index (χ3n) is 9.76. The van der Waals surface area contributed by atoms with Crippen molar-refractivity contribution in [1.29, 1.82) is 0 Å². The van der Waals surface area contributed by atoms with Crippen molar-refractivity contribution in [3.63, 3.8) is 0 Å². The van der Waals surface area contributed by atoms with E-state index in [1.54, 1.807) is 0 Å². The van der Waals surface area contributed by atoms with Crippen molar-refractivity contribution in [1.82, 2.24) is 0 Å². The summed E-state index contributed by atoms with van der Waals surface area (Å²) in [5.41, 5.74) is -12.9. The third-order valence-corrected chi connectivity index (χ3v) is 12.1. The molecule has 0 spiro atoms. The fourth-order valence-corrected chi connectivity index (χ4v) is 8.57. The predicted octanol–water partition coefficient (Wildman–Crippen LogP) is 16.9. The van der Waals surface area contributed by atoms with Gasteiger partial charge < -0.3 is 0 Å². The molecule has 5 aromatic carbocycles. The molecule has 360 valence electrons. The van der Waals surface area contributed by atoms with Crippen LogP contribution in [0.15, 0.2) is 9.79 Å². The molecule has 0 aliphatic heterocycles. The van der Waals surface area contributed by atoms with Gasteiger partial charge in [0.2, 0.25) is 0 Å². The normalized spacial score (nSPS) is 11.8. The number of thioether (sulfide) groups is 2. The van der Waals surface area contributed by atoms with Gasteiger partial charge in [0.1, 0.15) is 5.82 Å². The Hall–Kier alpha value is -4.60. The minimum absolute atomic E-state index is 0.244. The maximum Gasteiger partial charge on any atom is 0.195 e. The van der Waals surface area contributed by atoms with Crippen molar-refractivity contribution in [3.8, 4) is 22.3 Å². The molecule has 0 aliphatic carbocycles. The molecule has 0 unspecified atom stereocenters. The summed E-state index contributed by atoms with van der Waals surface area (Å²) in [4.78, 5) is -1.83. The highest BCUT2D eigenvalue weighted by atomic mass is 32.2. The smallest absolute Gasteiger partial charge is 0.195 e. The summed E-state index contributed by atoms with van der Waals surface area (Å²) in [6, 6.07) is 0. The lowest BCUT2D eigenvalue weighted by Crippen LogP contribution is -2.13. The lowest BCUT2D eigenvalue weighted by atomic mass is 9.90. The van der Waals surface area contributed by atoms with Crippen LogP contribution in [0.3, 0.4) is 0 Å². The van der Waals surface area contributed by atoms with Gasteiger partial charge in [-0.05, 0) is 23.7 Å². The molecule has 0 aromatic heterocycles. The standard InChI is InChI=1S/C24H14F12.C20H18F8S2/c1-5(2)7-14(26)18(30)11(19(31)15(7)27)9-13(25)10(23(35)24(36)22(9)34)12-20(32)16(28)8(6(3)4)17(29)21(12)33;1-7(2)9-11(21)15(25)19(16(26)12(9)22)29-5-6-30-20-17(27)13(23)10(8(3)4)14(24)18(20)28/h5-6H,1-4H3;7-8H,5-6H2,1-4H3. The van der Waals surface area contributed by atoms with Crippen LogP contribution < -0.4 is 0 Å². The summed E-state index contributed by atoms with van der Waals surface area (Å²) in [7, 11) is 0. The Kier molecular flexibility index (Phi) is 17.0. The van der Waals surface area contributed by atoms with Crippen LogP contribution in [0.1, 0.15) is 101 Å². The van der Waals surface area contributed by atoms with E-state index in [1.807, 2.05) is 0 Å². The van der Waals surface area contributed by atoms with Crippen LogP contribution >= 0.6 is 23.5 Å². The molecule has 0 nitrogen and oxygen atoms in total. The molecule has 5 rings (SSSR count). The Labute approximate surface area is 371 Å². The van der Waals surface area contributed by atoms with Gasteiger partial charge in [0.25, 0.3) is 0 Å². The predicted molar refractivity (Wildman–Crippen MR) is 207 cm³/mol. The largest absolute Gasteiger partial charge is 0.205 e. The fourth-order valence-electron chi connectivity index (χ4n) is 6.63. The number of hydrogen-bond donors (Lipinski definition) is 0. The SMILES string of the molecule is CC(C)c1c(F)c(F)c(-c2c(F)c(F)c(F)c(-c3c(F)c(F)c(C(C)C)c(F)c3F)c2F)c(F)c1F.CC(C)c1c(F)c(F)c(SCCSc2c(F)c(F)c(C(C)C)c(F)c2F)c(F)c1F. The van der Waals surface area contributed by atoms with E-state index >= 15 is 4.39 Å². The topological polar surface area (TPSA) is 0 Å². The molecule has 0 saturated carbocycles. The summed E-state index contributed by atoms with van der Waals surface area (Å²) in [6.07, 6.45) is 0. The van der Waals surface area contributed by atoms with Gasteiger partial charge in [-0.3, -0.25) is 0 Å². The molecule has 0 atom stereocenters. The van der Waals surface area contributed by atoms with E-state index in [2.05, 4.69) is 0 Å². The van der Waals surface area contributed by atoms with E-state index in [0.29, 0.717) is 23.5 Å². The lowest BCUT2D eigenvalue weighted by molar-refractivity contribution is 0.407. The molecular weight excluding hydrogens is 973 g/mol. The summed E-state index contributed by atoms with van der Waals surface area (Å²) in [5, 5.41) is 0. The molecule has 0 aliphatic rings. The summed E-state index contributed by atoms with van der Waals surface area (Å²) < 4.78 is 288. The average Bonchev–Trinajstić information content (AvgIpc) is 3.23. The second kappa shape index (κ2) is 20.7. The molecule has 0 amide bonds. The van der Waals surface area contributed by atoms with Crippen molar-refractivity contribution in [2.45, 2.75) is 88.9 Å². The zero-order chi connectivity index (χ0) is 50.5. The Morgan fingerprint density at radius 1 is 0.227 bits per heavy atom. The summed E-state index contributed by atoms with van der Waals surface area (Å²) in [5.74, 6) is -46.1. The Balaban J connectivity index is 0.000000294. The van der Waals surface area contributed by atoms with Gasteiger partial charge in [-0.1, -0.05) is 55.4 Å². The van der Waals surface area contributed by atoms with Crippen LogP contribution in [0.4, 0.5) is 87.8 Å². The van der Waals surface area contributed by atoms with Crippen LogP contribution in [-0.4, -0.2) is 11.5 Å². The molecule has 0 heterocycles. The minimum Gasteiger partial charge on any atom is -0.205 e. The minimum atomic E-state index is -2.80. The van der Waals surface area contributed by atoms with Crippen molar-refractivity contribution in [3.05, 3.63) is 139 Å². The second-order valence-electron chi connectivity index (χ2n) is 15.4. The first-order valence-corrected chi connectivity index (χ1v) is 21.0. The summed E-state index contributed by atoms with van der Waals surface area (Å²) >= 11 is 0.773. The van der Waals surface area contributed by atoms with Gasteiger partial charge in [-0.25, -0.2) is 87.8 Å². The van der Waals surface area contributed by atoms with Crippen LogP contribution in [0.25, 0.3) is 22.3 Å². The monoisotopic (exact) mass is 1000 g/mol. The number of hydrogen-bond acceptors (Lipinski definition) is 2. The summed E-state index contributed by atoms with van der Waals surface area (Å²) in [6.45, 7) is 9.90. The van der Waals surface area contributed by atoms with E-state index in [0.717, 1.165) is 27.7 Å². The Morgan fingerprint density at radius 3 is 0.591 bits per heavy atom. The fraction of sp³-hybridized carbons (Fsp3) is 0.318. The first kappa shape index (κ1) is 54.0. The zero-order valence-corrected chi connectivity index (χ0v) is 36.7. The Morgan fingerprint density at radius 2 is 0.394 bits per heavy atom. The highest BCUT2D eigenvalue weighted by Gasteiger charge is 2.38. The van der Waals surface area contributed by atoms with Gasteiger partial charge >= 0.3 is 0 Å². The van der Waals surface area contributed by atoms with E-state index < -0.39 is 194 Å². The van der Waals surface area contributed by atoms with Gasteiger partial charge in [-0.2, -0.15) is 0 Å². The van der Waals surface area contributed by atoms with Gasteiger partial charge in [0.15, 0.2) is 111 Å². The molecule has 0 bridgehead atoms. The molecule has 0 fully saturated rings. The van der Waals surface area contributed by atoms with Crippen molar-refractivity contribution in [2.24, 2.45) is 0 Å². The number of rotatable bonds is 11. The van der Waals surface area contributed by atoms with Crippen molar-refractivity contribution in [2.75, 3.05) is 11.5 Å². The molecule has 66 heavy (non-hydrogen) atoms. The molecule has 22 heteroatoms. The van der Waals surface area contributed by atoms with Gasteiger partial charge in [0, 0.05) is 33.8 Å². The van der Waals surface area contributed by atoms with E-state index in [1.165, 1.54) is 27.7 Å². The third kappa shape index (κ3) is 9.45. The maximum absolute atomic E-state index is 15.3. The van der Waals surface area contributed by atoms with Crippen LogP contribution in [-0.2, 0) is 0 Å². The second-order valence-corrected chi connectivity index (χ2v) is 17.6. The first-order valence-electron chi connectivity index (χ1n) is 19.0. The average molecular weight is 1000 g/mol. The zero-order valence-electron chi connectivity index (χ0n) is 35.1. The quantitative estimate of drug-likeness (QED) is 0.0425. The molecule has 0 saturated heterocycles. The van der Waals surface area contributed by atoms with Crippen molar-refractivity contribution >= 4 is 23.5 Å². The van der Waals surface area contributed by atoms with Crippen LogP contribution in [0.5, 0.6) is 0 Å². The highest BCUT2D eigenvalue weighted by molar-refractivity contribution is 8.03. The maximum atomic E-state index is 15.3. The van der Waals surface area contributed by atoms with E-state index in [9.17, 15) is 83.4 Å². The molecule has 5 aromatic rings. The number of halogens is 20. The Bertz CT molecular complexity index is 2430. The number of benzene rings is 5.